The summed E-state index contributed by atoms with van der Waals surface area (Å²) in [6.07, 6.45) is 1.42. The predicted octanol–water partition coefficient (Wildman–Crippen LogP) is 2.70. The maximum Gasteiger partial charge on any atom is 0.317 e. The Labute approximate surface area is 155 Å². The number of carboxylic acids is 1. The molecule has 0 atom stereocenters. The summed E-state index contributed by atoms with van der Waals surface area (Å²) in [4.78, 5) is 36.3. The van der Waals surface area contributed by atoms with Crippen LogP contribution in [0, 0.1) is 11.7 Å². The Bertz CT molecular complexity index is 678. The summed E-state index contributed by atoms with van der Waals surface area (Å²) in [7, 11) is 0. The van der Waals surface area contributed by atoms with Crippen LogP contribution in [0.25, 0.3) is 0 Å². The molecule has 0 saturated carbocycles. The van der Waals surface area contributed by atoms with Crippen LogP contribution in [0.2, 0.25) is 5.02 Å². The number of anilines is 1. The van der Waals surface area contributed by atoms with E-state index in [4.69, 9.17) is 16.7 Å². The molecule has 1 aliphatic heterocycles. The third-order valence-electron chi connectivity index (χ3n) is 4.18. The molecule has 1 aliphatic rings. The van der Waals surface area contributed by atoms with E-state index >= 15 is 0 Å². The molecule has 1 fully saturated rings. The molecule has 3 N–H and O–H groups in total. The van der Waals surface area contributed by atoms with Crippen LogP contribution in [-0.2, 0) is 9.59 Å². The lowest BCUT2D eigenvalue weighted by Gasteiger charge is -2.31. The first-order valence-electron chi connectivity index (χ1n) is 8.37. The van der Waals surface area contributed by atoms with Crippen LogP contribution in [-0.4, -0.2) is 47.5 Å². The lowest BCUT2D eigenvalue weighted by molar-refractivity contribution is -0.137. The number of aliphatic carboxylic acids is 1. The Balaban J connectivity index is 1.74. The molecule has 1 aromatic rings. The number of likely N-dealkylation sites (tertiary alicyclic amines) is 1. The van der Waals surface area contributed by atoms with Crippen LogP contribution in [0.15, 0.2) is 18.2 Å². The van der Waals surface area contributed by atoms with Crippen molar-refractivity contribution in [1.29, 1.82) is 0 Å². The molecule has 7 nitrogen and oxygen atoms in total. The summed E-state index contributed by atoms with van der Waals surface area (Å²) < 4.78 is 13.1. The van der Waals surface area contributed by atoms with Gasteiger partial charge < -0.3 is 20.6 Å². The van der Waals surface area contributed by atoms with Gasteiger partial charge in [-0.05, 0) is 37.5 Å². The van der Waals surface area contributed by atoms with Crippen LogP contribution in [0.3, 0.4) is 0 Å². The number of amides is 3. The predicted molar refractivity (Wildman–Crippen MR) is 94.6 cm³/mol. The molecule has 142 valence electrons. The van der Waals surface area contributed by atoms with Gasteiger partial charge in [-0.1, -0.05) is 11.6 Å². The van der Waals surface area contributed by atoms with E-state index in [2.05, 4.69) is 10.6 Å². The van der Waals surface area contributed by atoms with Crippen molar-refractivity contribution in [2.75, 3.05) is 25.0 Å². The zero-order chi connectivity index (χ0) is 19.1. The van der Waals surface area contributed by atoms with E-state index in [0.29, 0.717) is 44.6 Å². The maximum absolute atomic E-state index is 13.1. The normalized spacial score (nSPS) is 14.8. The summed E-state index contributed by atoms with van der Waals surface area (Å²) >= 11 is 5.70. The van der Waals surface area contributed by atoms with Crippen LogP contribution in [0.1, 0.15) is 25.7 Å². The number of carbonyl (C=O) groups is 3. The Hall–Kier alpha value is -2.35. The third kappa shape index (κ3) is 5.87. The molecular weight excluding hydrogens is 365 g/mol. The first kappa shape index (κ1) is 20.0. The van der Waals surface area contributed by atoms with Gasteiger partial charge in [0, 0.05) is 37.7 Å². The number of nitrogens with one attached hydrogen (secondary N) is 2. The van der Waals surface area contributed by atoms with Gasteiger partial charge in [0.15, 0.2) is 0 Å². The highest BCUT2D eigenvalue weighted by atomic mass is 35.5. The summed E-state index contributed by atoms with van der Waals surface area (Å²) in [6, 6.07) is 3.74. The first-order chi connectivity index (χ1) is 12.4. The molecule has 2 rings (SSSR count). The van der Waals surface area contributed by atoms with Crippen LogP contribution < -0.4 is 10.6 Å². The van der Waals surface area contributed by atoms with Crippen LogP contribution >= 0.6 is 11.6 Å². The van der Waals surface area contributed by atoms with E-state index in [-0.39, 0.29) is 29.3 Å². The number of carbonyl (C=O) groups excluding carboxylic acids is 2. The minimum absolute atomic E-state index is 0.00985. The molecule has 0 bridgehead atoms. The molecular formula is C17H21ClFN3O4. The van der Waals surface area contributed by atoms with Crippen molar-refractivity contribution in [2.24, 2.45) is 5.92 Å². The van der Waals surface area contributed by atoms with Gasteiger partial charge in [-0.15, -0.1) is 0 Å². The summed E-state index contributed by atoms with van der Waals surface area (Å²) in [5.74, 6) is -1.87. The van der Waals surface area contributed by atoms with Crippen molar-refractivity contribution in [3.8, 4) is 0 Å². The number of hydrogen-bond donors (Lipinski definition) is 3. The Morgan fingerprint density at radius 2 is 1.96 bits per heavy atom. The molecule has 9 heteroatoms. The second-order valence-corrected chi connectivity index (χ2v) is 6.52. The standard InChI is InChI=1S/C17H21ClFN3O4/c18-13-10-12(3-4-14(13)19)21-16(25)11-5-8-22(9-6-11)17(26)20-7-1-2-15(23)24/h3-4,10-11H,1-2,5-9H2,(H,20,26)(H,21,25)(H,23,24). The van der Waals surface area contributed by atoms with Crippen molar-refractivity contribution in [2.45, 2.75) is 25.7 Å². The largest absolute Gasteiger partial charge is 0.481 e. The van der Waals surface area contributed by atoms with Crippen molar-refractivity contribution >= 4 is 35.2 Å². The fourth-order valence-electron chi connectivity index (χ4n) is 2.71. The smallest absolute Gasteiger partial charge is 0.317 e. The minimum Gasteiger partial charge on any atom is -0.481 e. The number of rotatable bonds is 6. The highest BCUT2D eigenvalue weighted by Gasteiger charge is 2.27. The number of halogens is 2. The van der Waals surface area contributed by atoms with Crippen molar-refractivity contribution in [1.82, 2.24) is 10.2 Å². The van der Waals surface area contributed by atoms with Gasteiger partial charge in [-0.2, -0.15) is 0 Å². The van der Waals surface area contributed by atoms with E-state index < -0.39 is 11.8 Å². The molecule has 0 aliphatic carbocycles. The average Bonchev–Trinajstić information content (AvgIpc) is 2.61. The topological polar surface area (TPSA) is 98.7 Å². The molecule has 0 unspecified atom stereocenters. The first-order valence-corrected chi connectivity index (χ1v) is 8.75. The highest BCUT2D eigenvalue weighted by Crippen LogP contribution is 2.22. The van der Waals surface area contributed by atoms with Gasteiger partial charge in [0.25, 0.3) is 0 Å². The molecule has 0 spiro atoms. The Kier molecular flexibility index (Phi) is 7.20. The Morgan fingerprint density at radius 3 is 2.58 bits per heavy atom. The quantitative estimate of drug-likeness (QED) is 0.655. The van der Waals surface area contributed by atoms with Gasteiger partial charge in [-0.25, -0.2) is 9.18 Å². The molecule has 3 amide bonds. The van der Waals surface area contributed by atoms with Gasteiger partial charge in [0.1, 0.15) is 5.82 Å². The third-order valence-corrected chi connectivity index (χ3v) is 4.47. The number of nitrogens with zero attached hydrogens (tertiary/aromatic N) is 1. The van der Waals surface area contributed by atoms with Gasteiger partial charge in [-0.3, -0.25) is 9.59 Å². The fourth-order valence-corrected chi connectivity index (χ4v) is 2.89. The summed E-state index contributed by atoms with van der Waals surface area (Å²) in [5.41, 5.74) is 0.431. The molecule has 0 radical (unpaired) electrons. The van der Waals surface area contributed by atoms with Crippen molar-refractivity contribution in [3.05, 3.63) is 29.0 Å². The molecule has 0 aromatic heterocycles. The lowest BCUT2D eigenvalue weighted by Crippen LogP contribution is -2.46. The molecule has 26 heavy (non-hydrogen) atoms. The van der Waals surface area contributed by atoms with Gasteiger partial charge in [0.05, 0.1) is 5.02 Å². The lowest BCUT2D eigenvalue weighted by atomic mass is 9.96. The monoisotopic (exact) mass is 385 g/mol. The maximum atomic E-state index is 13.1. The van der Waals surface area contributed by atoms with E-state index in [0.717, 1.165) is 0 Å². The number of hydrogen-bond acceptors (Lipinski definition) is 3. The van der Waals surface area contributed by atoms with Crippen molar-refractivity contribution < 1.29 is 23.9 Å². The number of urea groups is 1. The Morgan fingerprint density at radius 1 is 1.27 bits per heavy atom. The molecule has 1 aromatic carbocycles. The zero-order valence-corrected chi connectivity index (χ0v) is 14.9. The highest BCUT2D eigenvalue weighted by molar-refractivity contribution is 6.31. The second kappa shape index (κ2) is 9.38. The van der Waals surface area contributed by atoms with E-state index in [1.165, 1.54) is 18.2 Å². The van der Waals surface area contributed by atoms with Crippen molar-refractivity contribution in [3.63, 3.8) is 0 Å². The van der Waals surface area contributed by atoms with E-state index in [1.54, 1.807) is 4.90 Å². The van der Waals surface area contributed by atoms with Crippen LogP contribution in [0.4, 0.5) is 14.9 Å². The van der Waals surface area contributed by atoms with Gasteiger partial charge >= 0.3 is 12.0 Å². The fraction of sp³-hybridized carbons (Fsp3) is 0.471. The minimum atomic E-state index is -0.895. The summed E-state index contributed by atoms with van der Waals surface area (Å²) in [5, 5.41) is 13.9. The number of carboxylic acid groups (broad SMARTS) is 1. The zero-order valence-electron chi connectivity index (χ0n) is 14.1. The van der Waals surface area contributed by atoms with Gasteiger partial charge in [0.2, 0.25) is 5.91 Å². The van der Waals surface area contributed by atoms with E-state index in [1.807, 2.05) is 0 Å². The average molecular weight is 386 g/mol. The SMILES string of the molecule is O=C(O)CCCNC(=O)N1CCC(C(=O)Nc2ccc(F)c(Cl)c2)CC1. The summed E-state index contributed by atoms with van der Waals surface area (Å²) in [6.45, 7) is 1.18. The molecule has 1 heterocycles. The van der Waals surface area contributed by atoms with E-state index in [9.17, 15) is 18.8 Å². The van der Waals surface area contributed by atoms with Crippen LogP contribution in [0.5, 0.6) is 0 Å². The number of piperidine rings is 1. The second-order valence-electron chi connectivity index (χ2n) is 6.11. The number of benzene rings is 1. The molecule has 1 saturated heterocycles.